The van der Waals surface area contributed by atoms with E-state index < -0.39 is 36.2 Å². The van der Waals surface area contributed by atoms with Gasteiger partial charge in [0.25, 0.3) is 12.6 Å². The Morgan fingerprint density at radius 1 is 0.769 bits per heavy atom. The second-order valence-corrected chi connectivity index (χ2v) is 5.25. The summed E-state index contributed by atoms with van der Waals surface area (Å²) in [4.78, 5) is 24.2. The highest BCUT2D eigenvalue weighted by molar-refractivity contribution is 5.90. The fourth-order valence-corrected chi connectivity index (χ4v) is 2.26. The molecule has 1 saturated heterocycles. The molecule has 0 spiro atoms. The smallest absolute Gasteiger partial charge is 0.343 e. The number of rotatable bonds is 4. The average Bonchev–Trinajstić information content (AvgIpc) is 2.64. The van der Waals surface area contributed by atoms with E-state index in [1.54, 1.807) is 0 Å². The summed E-state index contributed by atoms with van der Waals surface area (Å²) in [5, 5.41) is 0. The molecule has 0 unspecified atom stereocenters. The van der Waals surface area contributed by atoms with Crippen LogP contribution in [0.3, 0.4) is 0 Å². The van der Waals surface area contributed by atoms with Gasteiger partial charge < -0.3 is 18.9 Å². The van der Waals surface area contributed by atoms with Gasteiger partial charge in [-0.25, -0.2) is 18.4 Å². The second kappa shape index (κ2) is 8.03. The Bertz CT molecular complexity index is 742. The van der Waals surface area contributed by atoms with Gasteiger partial charge in [-0.1, -0.05) is 24.3 Å². The van der Waals surface area contributed by atoms with E-state index in [9.17, 15) is 18.4 Å². The molecule has 0 radical (unpaired) electrons. The summed E-state index contributed by atoms with van der Waals surface area (Å²) in [5.74, 6) is -3.56. The van der Waals surface area contributed by atoms with Crippen LogP contribution in [0, 0.1) is 11.6 Å². The Kier molecular flexibility index (Phi) is 5.55. The number of benzene rings is 2. The van der Waals surface area contributed by atoms with Crippen molar-refractivity contribution in [2.75, 3.05) is 13.2 Å². The van der Waals surface area contributed by atoms with Crippen molar-refractivity contribution in [2.24, 2.45) is 0 Å². The van der Waals surface area contributed by atoms with Crippen molar-refractivity contribution in [1.29, 1.82) is 0 Å². The zero-order chi connectivity index (χ0) is 18.5. The van der Waals surface area contributed by atoms with Crippen LogP contribution in [-0.4, -0.2) is 37.7 Å². The number of ether oxygens (including phenoxy) is 4. The molecule has 0 saturated carbocycles. The molecule has 2 aromatic carbocycles. The number of carbonyl (C=O) groups is 2. The summed E-state index contributed by atoms with van der Waals surface area (Å²) in [6.07, 6.45) is -2.82. The molecule has 3 rings (SSSR count). The number of hydrogen-bond acceptors (Lipinski definition) is 6. The van der Waals surface area contributed by atoms with E-state index in [0.29, 0.717) is 0 Å². The van der Waals surface area contributed by atoms with Crippen LogP contribution >= 0.6 is 0 Å². The molecule has 8 heteroatoms. The predicted molar refractivity (Wildman–Crippen MR) is 83.1 cm³/mol. The summed E-state index contributed by atoms with van der Waals surface area (Å²) in [7, 11) is 0. The van der Waals surface area contributed by atoms with E-state index in [4.69, 9.17) is 18.9 Å². The minimum atomic E-state index is -1.41. The molecule has 26 heavy (non-hydrogen) atoms. The van der Waals surface area contributed by atoms with Crippen LogP contribution < -0.4 is 0 Å². The maximum absolute atomic E-state index is 13.7. The topological polar surface area (TPSA) is 71.1 Å². The Hall–Kier alpha value is -2.84. The number of hydrogen-bond donors (Lipinski definition) is 0. The van der Waals surface area contributed by atoms with Gasteiger partial charge in [0.15, 0.2) is 0 Å². The zero-order valence-corrected chi connectivity index (χ0v) is 13.4. The Labute approximate surface area is 147 Å². The first kappa shape index (κ1) is 18.0. The van der Waals surface area contributed by atoms with Crippen molar-refractivity contribution >= 4 is 11.9 Å². The molecule has 1 heterocycles. The molecule has 0 N–H and O–H groups in total. The zero-order valence-electron chi connectivity index (χ0n) is 13.4. The van der Waals surface area contributed by atoms with Gasteiger partial charge in [-0.05, 0) is 24.3 Å². The Balaban J connectivity index is 1.70. The van der Waals surface area contributed by atoms with Gasteiger partial charge in [-0.2, -0.15) is 0 Å². The van der Waals surface area contributed by atoms with Gasteiger partial charge >= 0.3 is 11.9 Å². The van der Waals surface area contributed by atoms with Crippen molar-refractivity contribution in [3.05, 3.63) is 71.3 Å². The van der Waals surface area contributed by atoms with Gasteiger partial charge in [0.05, 0.1) is 24.3 Å². The molecule has 1 aliphatic rings. The fraction of sp³-hybridized carbons (Fsp3) is 0.222. The number of esters is 2. The molecule has 0 amide bonds. The van der Waals surface area contributed by atoms with E-state index in [-0.39, 0.29) is 24.3 Å². The first-order valence-electron chi connectivity index (χ1n) is 7.70. The monoisotopic (exact) mass is 364 g/mol. The predicted octanol–water partition coefficient (Wildman–Crippen LogP) is 2.68. The maximum atomic E-state index is 13.7. The van der Waals surface area contributed by atoms with E-state index in [0.717, 1.165) is 12.1 Å². The maximum Gasteiger partial charge on any atom is 0.343 e. The van der Waals surface area contributed by atoms with Gasteiger partial charge in [-0.3, -0.25) is 0 Å². The van der Waals surface area contributed by atoms with E-state index in [2.05, 4.69) is 0 Å². The summed E-state index contributed by atoms with van der Waals surface area (Å²) in [5.41, 5.74) is -0.610. The molecule has 0 aliphatic carbocycles. The van der Waals surface area contributed by atoms with Crippen LogP contribution in [-0.2, 0) is 18.9 Å². The second-order valence-electron chi connectivity index (χ2n) is 5.25. The first-order chi connectivity index (χ1) is 12.6. The number of carbonyl (C=O) groups excluding carboxylic acids is 2. The van der Waals surface area contributed by atoms with Crippen LogP contribution in [0.1, 0.15) is 20.7 Å². The van der Waals surface area contributed by atoms with Crippen LogP contribution in [0.15, 0.2) is 48.5 Å². The van der Waals surface area contributed by atoms with Crippen LogP contribution in [0.25, 0.3) is 0 Å². The third kappa shape index (κ3) is 4.04. The summed E-state index contributed by atoms with van der Waals surface area (Å²) >= 11 is 0. The Morgan fingerprint density at radius 2 is 1.15 bits per heavy atom. The SMILES string of the molecule is O=C(O[C@H]1OCCO[C@@H]1OC(=O)c1ccccc1F)c1ccccc1F. The normalized spacial score (nSPS) is 19.6. The Morgan fingerprint density at radius 3 is 1.54 bits per heavy atom. The van der Waals surface area contributed by atoms with Crippen molar-refractivity contribution in [3.8, 4) is 0 Å². The lowest BCUT2D eigenvalue weighted by Gasteiger charge is -2.30. The molecule has 6 nitrogen and oxygen atoms in total. The van der Waals surface area contributed by atoms with Gasteiger partial charge in [0.2, 0.25) is 0 Å². The third-order valence-corrected chi connectivity index (χ3v) is 3.50. The van der Waals surface area contributed by atoms with E-state index in [1.165, 1.54) is 36.4 Å². The van der Waals surface area contributed by atoms with Crippen molar-refractivity contribution in [3.63, 3.8) is 0 Å². The lowest BCUT2D eigenvalue weighted by atomic mass is 10.2. The first-order valence-corrected chi connectivity index (χ1v) is 7.70. The van der Waals surface area contributed by atoms with E-state index in [1.807, 2.05) is 0 Å². The van der Waals surface area contributed by atoms with E-state index >= 15 is 0 Å². The highest BCUT2D eigenvalue weighted by atomic mass is 19.1. The van der Waals surface area contributed by atoms with Crippen molar-refractivity contribution in [1.82, 2.24) is 0 Å². The molecular formula is C18H14F2O6. The van der Waals surface area contributed by atoms with Crippen LogP contribution in [0.4, 0.5) is 8.78 Å². The number of halogens is 2. The average molecular weight is 364 g/mol. The van der Waals surface area contributed by atoms with Gasteiger partial charge in [-0.15, -0.1) is 0 Å². The van der Waals surface area contributed by atoms with Crippen molar-refractivity contribution in [2.45, 2.75) is 12.6 Å². The van der Waals surface area contributed by atoms with Crippen molar-refractivity contribution < 1.29 is 37.3 Å². The molecule has 2 aromatic rings. The highest BCUT2D eigenvalue weighted by Crippen LogP contribution is 2.19. The lowest BCUT2D eigenvalue weighted by Crippen LogP contribution is -2.44. The van der Waals surface area contributed by atoms with Gasteiger partial charge in [0.1, 0.15) is 11.6 Å². The summed E-state index contributed by atoms with van der Waals surface area (Å²) in [6, 6.07) is 10.5. The molecule has 1 fully saturated rings. The molecular weight excluding hydrogens is 350 g/mol. The molecule has 1 aliphatic heterocycles. The summed E-state index contributed by atoms with van der Waals surface area (Å²) < 4.78 is 47.9. The standard InChI is InChI=1S/C18H14F2O6/c19-13-7-3-1-5-11(13)15(21)25-17-18(24-10-9-23-17)26-16(22)12-6-2-4-8-14(12)20/h1-8,17-18H,9-10H2/t17-,18-/m1/s1. The molecule has 0 aromatic heterocycles. The minimum absolute atomic E-state index is 0.0724. The highest BCUT2D eigenvalue weighted by Gasteiger charge is 2.35. The van der Waals surface area contributed by atoms with Crippen LogP contribution in [0.2, 0.25) is 0 Å². The largest absolute Gasteiger partial charge is 0.425 e. The molecule has 2 atom stereocenters. The minimum Gasteiger partial charge on any atom is -0.425 e. The van der Waals surface area contributed by atoms with Gasteiger partial charge in [0, 0.05) is 0 Å². The fourth-order valence-electron chi connectivity index (χ4n) is 2.26. The molecule has 0 bridgehead atoms. The molecule has 136 valence electrons. The quantitative estimate of drug-likeness (QED) is 0.777. The van der Waals surface area contributed by atoms with Crippen LogP contribution in [0.5, 0.6) is 0 Å². The summed E-state index contributed by atoms with van der Waals surface area (Å²) in [6.45, 7) is 0.145. The third-order valence-electron chi connectivity index (χ3n) is 3.50. The lowest BCUT2D eigenvalue weighted by molar-refractivity contribution is -0.288.